The van der Waals surface area contributed by atoms with Crippen molar-refractivity contribution in [2.75, 3.05) is 13.7 Å². The van der Waals surface area contributed by atoms with E-state index in [2.05, 4.69) is 4.74 Å². The van der Waals surface area contributed by atoms with Crippen LogP contribution in [0.5, 0.6) is 11.5 Å². The minimum atomic E-state index is -2.95. The lowest BCUT2D eigenvalue weighted by Gasteiger charge is -2.10. The molecule has 27 heavy (non-hydrogen) atoms. The molecule has 7 heteroatoms. The van der Waals surface area contributed by atoms with Crippen molar-refractivity contribution in [3.63, 3.8) is 0 Å². The van der Waals surface area contributed by atoms with E-state index in [9.17, 15) is 13.6 Å². The van der Waals surface area contributed by atoms with Crippen LogP contribution in [0.3, 0.4) is 0 Å². The Bertz CT molecular complexity index is 964. The van der Waals surface area contributed by atoms with Gasteiger partial charge in [0.1, 0.15) is 11.5 Å². The molecule has 0 amide bonds. The van der Waals surface area contributed by atoms with Crippen LogP contribution < -0.4 is 9.47 Å². The minimum absolute atomic E-state index is 0.0186. The second-order valence-electron chi connectivity index (χ2n) is 5.77. The molecule has 5 nitrogen and oxygen atoms in total. The first-order valence-corrected chi connectivity index (χ1v) is 8.37. The third-order valence-electron chi connectivity index (χ3n) is 4.21. The van der Waals surface area contributed by atoms with Crippen molar-refractivity contribution >= 4 is 16.9 Å². The molecule has 0 radical (unpaired) electrons. The summed E-state index contributed by atoms with van der Waals surface area (Å²) in [6.45, 7) is 0.754. The van der Waals surface area contributed by atoms with Gasteiger partial charge in [-0.1, -0.05) is 0 Å². The van der Waals surface area contributed by atoms with E-state index in [1.165, 1.54) is 12.1 Å². The van der Waals surface area contributed by atoms with Crippen LogP contribution in [0.15, 0.2) is 42.5 Å². The number of hydrogen-bond acceptors (Lipinski definition) is 4. The van der Waals surface area contributed by atoms with Crippen molar-refractivity contribution in [3.05, 3.63) is 53.7 Å². The molecule has 2 aromatic carbocycles. The van der Waals surface area contributed by atoms with E-state index in [0.29, 0.717) is 27.9 Å². The van der Waals surface area contributed by atoms with Crippen LogP contribution in [0.4, 0.5) is 8.78 Å². The van der Waals surface area contributed by atoms with Crippen molar-refractivity contribution < 1.29 is 27.8 Å². The van der Waals surface area contributed by atoms with Gasteiger partial charge in [-0.25, -0.2) is 4.79 Å². The van der Waals surface area contributed by atoms with Crippen molar-refractivity contribution in [2.24, 2.45) is 0 Å². The Balaban J connectivity index is 2.23. The Morgan fingerprint density at radius 3 is 2.37 bits per heavy atom. The number of ether oxygens (including phenoxy) is 3. The molecule has 0 atom stereocenters. The van der Waals surface area contributed by atoms with Crippen molar-refractivity contribution in [1.29, 1.82) is 0 Å². The number of carbonyl (C=O) groups excluding carboxylic acids is 1. The summed E-state index contributed by atoms with van der Waals surface area (Å²) in [6.07, 6.45) is 0. The van der Waals surface area contributed by atoms with E-state index in [1.807, 2.05) is 16.7 Å². The molecule has 0 spiro atoms. The van der Waals surface area contributed by atoms with Crippen LogP contribution >= 0.6 is 0 Å². The second-order valence-corrected chi connectivity index (χ2v) is 5.77. The fraction of sp³-hybridized carbons (Fsp3) is 0.250. The third-order valence-corrected chi connectivity index (χ3v) is 4.21. The topological polar surface area (TPSA) is 49.7 Å². The summed E-state index contributed by atoms with van der Waals surface area (Å²) in [4.78, 5) is 12.5. The van der Waals surface area contributed by atoms with Gasteiger partial charge in [0.2, 0.25) is 0 Å². The second kappa shape index (κ2) is 7.65. The Kier molecular flexibility index (Phi) is 5.30. The zero-order valence-corrected chi connectivity index (χ0v) is 15.2. The summed E-state index contributed by atoms with van der Waals surface area (Å²) >= 11 is 0. The van der Waals surface area contributed by atoms with Crippen LogP contribution in [-0.2, 0) is 4.74 Å². The maximum Gasteiger partial charge on any atom is 0.387 e. The fourth-order valence-electron chi connectivity index (χ4n) is 3.10. The first-order valence-electron chi connectivity index (χ1n) is 8.37. The van der Waals surface area contributed by atoms with E-state index in [1.54, 1.807) is 39.2 Å². The number of benzene rings is 2. The van der Waals surface area contributed by atoms with Gasteiger partial charge < -0.3 is 18.8 Å². The van der Waals surface area contributed by atoms with Crippen molar-refractivity contribution in [1.82, 2.24) is 4.57 Å². The Morgan fingerprint density at radius 2 is 1.78 bits per heavy atom. The quantitative estimate of drug-likeness (QED) is 0.585. The lowest BCUT2D eigenvalue weighted by molar-refractivity contribution is -0.0497. The van der Waals surface area contributed by atoms with E-state index in [0.717, 1.165) is 5.69 Å². The van der Waals surface area contributed by atoms with Crippen LogP contribution in [0.25, 0.3) is 16.6 Å². The van der Waals surface area contributed by atoms with Gasteiger partial charge in [-0.3, -0.25) is 0 Å². The molecule has 0 saturated carbocycles. The predicted octanol–water partition coefficient (Wildman–Crippen LogP) is 4.73. The maximum atomic E-state index is 12.6. The van der Waals surface area contributed by atoms with Gasteiger partial charge in [-0.05, 0) is 56.3 Å². The summed E-state index contributed by atoms with van der Waals surface area (Å²) in [7, 11) is 1.58. The summed E-state index contributed by atoms with van der Waals surface area (Å²) in [5, 5.41) is 0.486. The first kappa shape index (κ1) is 18.7. The molecule has 0 aliphatic rings. The highest BCUT2D eigenvalue weighted by Crippen LogP contribution is 2.33. The summed E-state index contributed by atoms with van der Waals surface area (Å²) in [6, 6.07) is 11.8. The summed E-state index contributed by atoms with van der Waals surface area (Å²) in [5.41, 5.74) is 2.45. The molecule has 3 rings (SSSR count). The van der Waals surface area contributed by atoms with E-state index < -0.39 is 12.6 Å². The normalized spacial score (nSPS) is 11.0. The Hall–Kier alpha value is -3.09. The highest BCUT2D eigenvalue weighted by molar-refractivity contribution is 6.07. The third kappa shape index (κ3) is 3.58. The molecule has 1 heterocycles. The summed E-state index contributed by atoms with van der Waals surface area (Å²) in [5.74, 6) is 0.169. The first-order chi connectivity index (χ1) is 13.0. The molecule has 0 fully saturated rings. The molecule has 142 valence electrons. The largest absolute Gasteiger partial charge is 0.497 e. The lowest BCUT2D eigenvalue weighted by atomic mass is 10.1. The Morgan fingerprint density at radius 1 is 1.11 bits per heavy atom. The molecule has 0 unspecified atom stereocenters. The number of hydrogen-bond donors (Lipinski definition) is 0. The average molecular weight is 375 g/mol. The van der Waals surface area contributed by atoms with Gasteiger partial charge in [0.25, 0.3) is 0 Å². The van der Waals surface area contributed by atoms with Gasteiger partial charge in [0.15, 0.2) is 0 Å². The van der Waals surface area contributed by atoms with Gasteiger partial charge in [0, 0.05) is 16.8 Å². The molecule has 0 N–H and O–H groups in total. The number of rotatable bonds is 6. The monoisotopic (exact) mass is 375 g/mol. The van der Waals surface area contributed by atoms with Gasteiger partial charge in [-0.15, -0.1) is 0 Å². The molecular formula is C20H19F2NO4. The molecule has 0 aliphatic carbocycles. The van der Waals surface area contributed by atoms with Crippen molar-refractivity contribution in [2.45, 2.75) is 20.5 Å². The van der Waals surface area contributed by atoms with Gasteiger partial charge >= 0.3 is 12.6 Å². The number of aromatic nitrogens is 1. The number of alkyl halides is 2. The highest BCUT2D eigenvalue weighted by Gasteiger charge is 2.23. The standard InChI is InChI=1S/C20H19F2NO4/c1-4-26-19(24)18-12(2)23(13-5-7-14(25-3)8-6-13)17-10-9-15(11-16(17)18)27-20(21)22/h5-11,20H,4H2,1-3H3. The minimum Gasteiger partial charge on any atom is -0.497 e. The molecule has 1 aromatic heterocycles. The number of carbonyl (C=O) groups is 1. The SMILES string of the molecule is CCOC(=O)c1c(C)n(-c2ccc(OC)cc2)c2ccc(OC(F)F)cc12. The average Bonchev–Trinajstić information content (AvgIpc) is 2.92. The van der Waals surface area contributed by atoms with Crippen LogP contribution in [0.2, 0.25) is 0 Å². The number of halogens is 2. The molecule has 0 aliphatic heterocycles. The van der Waals surface area contributed by atoms with Gasteiger partial charge in [0.05, 0.1) is 24.8 Å². The van der Waals surface area contributed by atoms with E-state index in [-0.39, 0.29) is 12.4 Å². The zero-order chi connectivity index (χ0) is 19.6. The van der Waals surface area contributed by atoms with Gasteiger partial charge in [-0.2, -0.15) is 8.78 Å². The molecule has 0 saturated heterocycles. The molecule has 0 bridgehead atoms. The Labute approximate surface area is 155 Å². The van der Waals surface area contributed by atoms with E-state index in [4.69, 9.17) is 9.47 Å². The predicted molar refractivity (Wildman–Crippen MR) is 97.2 cm³/mol. The molecular weight excluding hydrogens is 356 g/mol. The smallest absolute Gasteiger partial charge is 0.387 e. The van der Waals surface area contributed by atoms with Crippen molar-refractivity contribution in [3.8, 4) is 17.2 Å². The summed E-state index contributed by atoms with van der Waals surface area (Å²) < 4.78 is 41.9. The zero-order valence-electron chi connectivity index (χ0n) is 15.2. The van der Waals surface area contributed by atoms with Crippen LogP contribution in [-0.4, -0.2) is 30.9 Å². The number of esters is 1. The highest BCUT2D eigenvalue weighted by atomic mass is 19.3. The number of fused-ring (bicyclic) bond motifs is 1. The van der Waals surface area contributed by atoms with E-state index >= 15 is 0 Å². The maximum absolute atomic E-state index is 12.6. The molecule has 3 aromatic rings. The van der Waals surface area contributed by atoms with Crippen LogP contribution in [0, 0.1) is 6.92 Å². The van der Waals surface area contributed by atoms with Crippen LogP contribution in [0.1, 0.15) is 23.0 Å². The lowest BCUT2D eigenvalue weighted by Crippen LogP contribution is -2.07. The fourth-order valence-corrected chi connectivity index (χ4v) is 3.10. The number of methoxy groups -OCH3 is 1. The number of nitrogens with zero attached hydrogens (tertiary/aromatic N) is 1.